The minimum Gasteiger partial charge on any atom is -0.493 e. The van der Waals surface area contributed by atoms with Crippen molar-refractivity contribution < 1.29 is 28.8 Å². The highest BCUT2D eigenvalue weighted by Gasteiger charge is 2.42. The van der Waals surface area contributed by atoms with Crippen molar-refractivity contribution in [3.63, 3.8) is 0 Å². The number of benzene rings is 2. The van der Waals surface area contributed by atoms with Gasteiger partial charge < -0.3 is 24.1 Å². The van der Waals surface area contributed by atoms with Crippen LogP contribution < -0.4 is 18.9 Å². The van der Waals surface area contributed by atoms with Crippen molar-refractivity contribution in [1.82, 2.24) is 4.90 Å². The average molecular weight is 397 g/mol. The molecule has 29 heavy (non-hydrogen) atoms. The number of hydrogen-bond donors (Lipinski definition) is 1. The second-order valence-corrected chi connectivity index (χ2v) is 7.60. The van der Waals surface area contributed by atoms with Gasteiger partial charge in [-0.3, -0.25) is 9.69 Å². The summed E-state index contributed by atoms with van der Waals surface area (Å²) in [5.41, 5.74) is 4.46. The van der Waals surface area contributed by atoms with Crippen molar-refractivity contribution in [2.24, 2.45) is 0 Å². The van der Waals surface area contributed by atoms with Gasteiger partial charge in [0, 0.05) is 24.2 Å². The summed E-state index contributed by atoms with van der Waals surface area (Å²) in [5.74, 6) is 1.98. The topological polar surface area (TPSA) is 77.5 Å². The summed E-state index contributed by atoms with van der Waals surface area (Å²) >= 11 is 0. The number of rotatable bonds is 4. The van der Waals surface area contributed by atoms with E-state index in [4.69, 9.17) is 18.9 Å². The molecule has 7 nitrogen and oxygen atoms in total. The molecule has 2 aromatic rings. The zero-order valence-corrected chi connectivity index (χ0v) is 16.4. The van der Waals surface area contributed by atoms with Gasteiger partial charge in [0.25, 0.3) is 0 Å². The predicted molar refractivity (Wildman–Crippen MR) is 104 cm³/mol. The Balaban J connectivity index is 1.65. The van der Waals surface area contributed by atoms with E-state index in [1.165, 1.54) is 11.1 Å². The number of fused-ring (bicyclic) bond motifs is 5. The van der Waals surface area contributed by atoms with Gasteiger partial charge in [-0.2, -0.15) is 0 Å². The second-order valence-electron chi connectivity index (χ2n) is 7.60. The summed E-state index contributed by atoms with van der Waals surface area (Å²) in [7, 11) is 3.20. The molecule has 0 amide bonds. The number of hydrogen-bond acceptors (Lipinski definition) is 6. The molecule has 2 aromatic carbocycles. The number of nitrogens with zero attached hydrogens (tertiary/aromatic N) is 1. The lowest BCUT2D eigenvalue weighted by atomic mass is 9.79. The summed E-state index contributed by atoms with van der Waals surface area (Å²) in [6, 6.07) is 7.87. The average Bonchev–Trinajstić information content (AvgIpc) is 3.18. The third-order valence-electron chi connectivity index (χ3n) is 6.22. The molecule has 0 bridgehead atoms. The maximum atomic E-state index is 11.8. The van der Waals surface area contributed by atoms with Gasteiger partial charge in [0.05, 0.1) is 20.6 Å². The monoisotopic (exact) mass is 397 g/mol. The fraction of sp³-hybridized carbons (Fsp3) is 0.409. The standard InChI is InChI=1S/C22H23NO6/c1-26-17-4-3-13-7-15-14-9-19-18(28-11-29-19)8-12(14)5-6-23(15)16(10-20(24)25)21(13)22(17)27-2/h3-4,8-9,15-16H,5-7,10-11H2,1-2H3,(H,24,25). The molecule has 0 saturated heterocycles. The van der Waals surface area contributed by atoms with E-state index in [2.05, 4.69) is 17.0 Å². The zero-order valence-electron chi connectivity index (χ0n) is 16.4. The Labute approximate surface area is 168 Å². The Morgan fingerprint density at radius 2 is 1.97 bits per heavy atom. The van der Waals surface area contributed by atoms with E-state index in [1.54, 1.807) is 14.2 Å². The van der Waals surface area contributed by atoms with Gasteiger partial charge in [-0.15, -0.1) is 0 Å². The molecule has 3 aliphatic heterocycles. The Kier molecular flexibility index (Phi) is 4.28. The van der Waals surface area contributed by atoms with Crippen LogP contribution in [0.2, 0.25) is 0 Å². The molecule has 152 valence electrons. The van der Waals surface area contributed by atoms with Gasteiger partial charge in [-0.05, 0) is 47.7 Å². The van der Waals surface area contributed by atoms with Gasteiger partial charge in [0.2, 0.25) is 6.79 Å². The van der Waals surface area contributed by atoms with Crippen LogP contribution in [0.5, 0.6) is 23.0 Å². The van der Waals surface area contributed by atoms with Crippen LogP contribution in [0.1, 0.15) is 40.8 Å². The van der Waals surface area contributed by atoms with E-state index >= 15 is 0 Å². The van der Waals surface area contributed by atoms with Crippen molar-refractivity contribution in [2.75, 3.05) is 27.6 Å². The summed E-state index contributed by atoms with van der Waals surface area (Å²) in [6.45, 7) is 1.02. The third kappa shape index (κ3) is 2.80. The van der Waals surface area contributed by atoms with E-state index < -0.39 is 5.97 Å². The van der Waals surface area contributed by atoms with Crippen LogP contribution in [0.15, 0.2) is 24.3 Å². The second kappa shape index (κ2) is 6.84. The highest BCUT2D eigenvalue weighted by molar-refractivity contribution is 5.69. The Morgan fingerprint density at radius 1 is 1.17 bits per heavy atom. The molecule has 1 N–H and O–H groups in total. The minimum atomic E-state index is -0.831. The van der Waals surface area contributed by atoms with Crippen molar-refractivity contribution in [3.8, 4) is 23.0 Å². The van der Waals surface area contributed by atoms with Crippen LogP contribution in [0.4, 0.5) is 0 Å². The first-order valence-corrected chi connectivity index (χ1v) is 9.74. The fourth-order valence-electron chi connectivity index (χ4n) is 5.00. The van der Waals surface area contributed by atoms with Crippen molar-refractivity contribution in [3.05, 3.63) is 46.5 Å². The maximum absolute atomic E-state index is 11.8. The zero-order chi connectivity index (χ0) is 20.1. The normalized spacial score (nSPS) is 21.7. The quantitative estimate of drug-likeness (QED) is 0.849. The number of ether oxygens (including phenoxy) is 4. The molecule has 3 aliphatic rings. The molecule has 5 rings (SSSR count). The van der Waals surface area contributed by atoms with E-state index in [9.17, 15) is 9.90 Å². The Hall–Kier alpha value is -2.93. The number of methoxy groups -OCH3 is 2. The Morgan fingerprint density at radius 3 is 2.69 bits per heavy atom. The minimum absolute atomic E-state index is 0.00686. The first kappa shape index (κ1) is 18.1. The highest BCUT2D eigenvalue weighted by atomic mass is 16.7. The van der Waals surface area contributed by atoms with Crippen LogP contribution in [-0.2, 0) is 17.6 Å². The molecule has 0 aromatic heterocycles. The summed E-state index contributed by atoms with van der Waals surface area (Å²) in [4.78, 5) is 14.1. The lowest BCUT2D eigenvalue weighted by molar-refractivity contribution is -0.139. The molecule has 0 radical (unpaired) electrons. The van der Waals surface area contributed by atoms with Crippen LogP contribution in [0.25, 0.3) is 0 Å². The molecule has 3 heterocycles. The molecule has 0 aliphatic carbocycles. The summed E-state index contributed by atoms with van der Waals surface area (Å²) < 4.78 is 22.3. The summed E-state index contributed by atoms with van der Waals surface area (Å²) in [5, 5.41) is 9.66. The van der Waals surface area contributed by atoms with Gasteiger partial charge >= 0.3 is 5.97 Å². The SMILES string of the molecule is COc1ccc2c(c1OC)C(CC(=O)O)N1CCc3cc4c(cc3C1C2)OCO4. The number of carbonyl (C=O) groups is 1. The molecular formula is C22H23NO6. The number of carboxylic acid groups (broad SMARTS) is 1. The van der Waals surface area contributed by atoms with Gasteiger partial charge in [-0.1, -0.05) is 6.07 Å². The number of aliphatic carboxylic acids is 1. The number of carboxylic acids is 1. The Bertz CT molecular complexity index is 988. The fourth-order valence-corrected chi connectivity index (χ4v) is 5.00. The molecular weight excluding hydrogens is 374 g/mol. The van der Waals surface area contributed by atoms with Crippen LogP contribution in [0.3, 0.4) is 0 Å². The van der Waals surface area contributed by atoms with E-state index in [0.29, 0.717) is 11.5 Å². The molecule has 7 heteroatoms. The van der Waals surface area contributed by atoms with Crippen LogP contribution >= 0.6 is 0 Å². The lowest BCUT2D eigenvalue weighted by Crippen LogP contribution is -2.43. The van der Waals surface area contributed by atoms with Gasteiger partial charge in [0.1, 0.15) is 0 Å². The third-order valence-corrected chi connectivity index (χ3v) is 6.22. The smallest absolute Gasteiger partial charge is 0.305 e. The van der Waals surface area contributed by atoms with Crippen molar-refractivity contribution >= 4 is 5.97 Å². The van der Waals surface area contributed by atoms with E-state index in [-0.39, 0.29) is 25.3 Å². The lowest BCUT2D eigenvalue weighted by Gasteiger charge is -2.46. The van der Waals surface area contributed by atoms with E-state index in [0.717, 1.165) is 42.0 Å². The van der Waals surface area contributed by atoms with E-state index in [1.807, 2.05) is 12.1 Å². The summed E-state index contributed by atoms with van der Waals surface area (Å²) in [6.07, 6.45) is 1.62. The molecule has 0 saturated carbocycles. The van der Waals surface area contributed by atoms with Crippen LogP contribution in [-0.4, -0.2) is 43.5 Å². The molecule has 0 spiro atoms. The largest absolute Gasteiger partial charge is 0.493 e. The first-order valence-electron chi connectivity index (χ1n) is 9.74. The maximum Gasteiger partial charge on any atom is 0.305 e. The van der Waals surface area contributed by atoms with Crippen LogP contribution in [0, 0.1) is 0 Å². The van der Waals surface area contributed by atoms with Crippen molar-refractivity contribution in [1.29, 1.82) is 0 Å². The molecule has 0 fully saturated rings. The van der Waals surface area contributed by atoms with Gasteiger partial charge in [-0.25, -0.2) is 0 Å². The predicted octanol–water partition coefficient (Wildman–Crippen LogP) is 3.10. The molecule has 2 atom stereocenters. The first-order chi connectivity index (χ1) is 14.1. The van der Waals surface area contributed by atoms with Gasteiger partial charge in [0.15, 0.2) is 23.0 Å². The van der Waals surface area contributed by atoms with Crippen molar-refractivity contribution in [2.45, 2.75) is 31.3 Å². The highest BCUT2D eigenvalue weighted by Crippen LogP contribution is 2.51. The molecule has 2 unspecified atom stereocenters.